The molecule has 7 heteroatoms. The molecule has 1 fully saturated rings. The van der Waals surface area contributed by atoms with E-state index in [-0.39, 0.29) is 30.6 Å². The summed E-state index contributed by atoms with van der Waals surface area (Å²) in [5.74, 6) is 1.75. The fraction of sp³-hybridized carbons (Fsp3) is 0.750. The second-order valence-corrected chi connectivity index (χ2v) is 11.1. The van der Waals surface area contributed by atoms with Gasteiger partial charge in [-0.2, -0.15) is 0 Å². The van der Waals surface area contributed by atoms with Crippen molar-refractivity contribution in [1.82, 2.24) is 10.3 Å². The first-order chi connectivity index (χ1) is 16.4. The molecular formula is C28H48N2O5. The number of rotatable bonds is 2. The van der Waals surface area contributed by atoms with E-state index in [1.807, 2.05) is 26.0 Å². The van der Waals surface area contributed by atoms with Gasteiger partial charge in [0, 0.05) is 12.5 Å². The van der Waals surface area contributed by atoms with Crippen LogP contribution in [0.1, 0.15) is 98.6 Å². The van der Waals surface area contributed by atoms with E-state index in [0.717, 1.165) is 25.0 Å². The van der Waals surface area contributed by atoms with Gasteiger partial charge in [0.2, 0.25) is 11.8 Å². The van der Waals surface area contributed by atoms with Gasteiger partial charge in [-0.3, -0.25) is 9.59 Å². The minimum absolute atomic E-state index is 0.0106. The summed E-state index contributed by atoms with van der Waals surface area (Å²) < 4.78 is 4.85. The number of allylic oxidation sites excluding steroid dienone is 1. The van der Waals surface area contributed by atoms with Crippen LogP contribution in [0.4, 0.5) is 0 Å². The van der Waals surface area contributed by atoms with Crippen LogP contribution in [0, 0.1) is 29.1 Å². The number of ketones is 1. The number of hydrogen-bond donors (Lipinski definition) is 3. The van der Waals surface area contributed by atoms with Crippen molar-refractivity contribution >= 4 is 17.8 Å². The summed E-state index contributed by atoms with van der Waals surface area (Å²) in [4.78, 5) is 28.9. The van der Waals surface area contributed by atoms with Crippen LogP contribution >= 0.6 is 0 Å². The molecule has 0 aliphatic carbocycles. The molecule has 0 spiro atoms. The number of carbonyl (C=O) groups excluding carboxylic acids is 2. The highest BCUT2D eigenvalue weighted by atomic mass is 16.4. The summed E-state index contributed by atoms with van der Waals surface area (Å²) in [6, 6.07) is 0. The second kappa shape index (κ2) is 15.2. The molecule has 2 rings (SSSR count). The van der Waals surface area contributed by atoms with Gasteiger partial charge in [0.05, 0.1) is 17.9 Å². The first kappa shape index (κ1) is 31.0. The van der Waals surface area contributed by atoms with Gasteiger partial charge in [-0.1, -0.05) is 66.9 Å². The average molecular weight is 493 g/mol. The Morgan fingerprint density at radius 2 is 1.74 bits per heavy atom. The van der Waals surface area contributed by atoms with E-state index in [4.69, 9.17) is 9.52 Å². The van der Waals surface area contributed by atoms with Crippen LogP contribution in [0.5, 0.6) is 0 Å². The van der Waals surface area contributed by atoms with Crippen molar-refractivity contribution in [2.24, 2.45) is 29.1 Å². The average Bonchev–Trinajstić information content (AvgIpc) is 3.25. The Labute approximate surface area is 211 Å². The Kier molecular flexibility index (Phi) is 13.5. The number of Topliss-reactive ketones (excluding diaryl/α,β-unsaturated/α-hetero) is 1. The van der Waals surface area contributed by atoms with Crippen LogP contribution < -0.4 is 5.32 Å². The number of hydrogen-bond acceptors (Lipinski definition) is 6. The molecule has 1 amide bonds. The third-order valence-corrected chi connectivity index (χ3v) is 6.94. The summed E-state index contributed by atoms with van der Waals surface area (Å²) >= 11 is 0. The molecule has 3 N–H and O–H groups in total. The van der Waals surface area contributed by atoms with Gasteiger partial charge in [0.1, 0.15) is 24.3 Å². The van der Waals surface area contributed by atoms with E-state index in [1.165, 1.54) is 19.1 Å². The van der Waals surface area contributed by atoms with Crippen molar-refractivity contribution in [3.05, 3.63) is 23.9 Å². The first-order valence-electron chi connectivity index (χ1n) is 13.1. The fourth-order valence-corrected chi connectivity index (χ4v) is 4.77. The number of nitrogens with one attached hydrogen (secondary N) is 1. The Morgan fingerprint density at radius 1 is 1.11 bits per heavy atom. The Balaban J connectivity index is 0.000000507. The summed E-state index contributed by atoms with van der Waals surface area (Å²) in [5, 5.41) is 22.0. The van der Waals surface area contributed by atoms with Crippen LogP contribution in [0.25, 0.3) is 6.08 Å². The molecule has 0 bridgehead atoms. The fourth-order valence-electron chi connectivity index (χ4n) is 4.77. The summed E-state index contributed by atoms with van der Waals surface area (Å²) in [6.45, 7) is 14.5. The molecular weight excluding hydrogens is 444 g/mol. The largest absolute Gasteiger partial charge is 0.446 e. The quantitative estimate of drug-likeness (QED) is 0.526. The van der Waals surface area contributed by atoms with Crippen LogP contribution in [-0.4, -0.2) is 39.5 Å². The molecule has 1 aliphatic rings. The lowest BCUT2D eigenvalue weighted by atomic mass is 9.74. The minimum atomic E-state index is -0.945. The molecule has 35 heavy (non-hydrogen) atoms. The molecule has 1 aromatic rings. The van der Waals surface area contributed by atoms with Crippen LogP contribution in [0.2, 0.25) is 0 Å². The number of aliphatic hydroxyl groups excluding tert-OH is 2. The van der Waals surface area contributed by atoms with Crippen molar-refractivity contribution in [1.29, 1.82) is 0 Å². The molecule has 1 aliphatic heterocycles. The first-order valence-corrected chi connectivity index (χ1v) is 13.1. The third kappa shape index (κ3) is 11.1. The molecule has 7 nitrogen and oxygen atoms in total. The predicted molar refractivity (Wildman–Crippen MR) is 139 cm³/mol. The standard InChI is InChI=1S/C21H39NO3.C7H9NO2/c1-14-8-7-9-15(2)11-17(4)20(25)21(5,6)18(23)12-19(24)22-13-16(3)10-14;1-2-3-6-5-10-7(4-9)8-6/h14-18,23H,7-13H2,1-6H3,(H,22,24);2-3,5,9H,4H2,1H3/b;3-2-/t14?,15?,16-,17?,18?;/m0./s1. The number of amides is 1. The number of nitrogens with zero attached hydrogens (tertiary/aromatic N) is 1. The monoisotopic (exact) mass is 492 g/mol. The predicted octanol–water partition coefficient (Wildman–Crippen LogP) is 5.16. The summed E-state index contributed by atoms with van der Waals surface area (Å²) in [7, 11) is 0. The number of carbonyl (C=O) groups is 2. The van der Waals surface area contributed by atoms with Gasteiger partial charge in [-0.05, 0) is 43.6 Å². The highest BCUT2D eigenvalue weighted by Gasteiger charge is 2.39. The van der Waals surface area contributed by atoms with E-state index in [1.54, 1.807) is 13.8 Å². The summed E-state index contributed by atoms with van der Waals surface area (Å²) in [6.07, 6.45) is 9.72. The van der Waals surface area contributed by atoms with Crippen LogP contribution in [-0.2, 0) is 16.2 Å². The maximum atomic E-state index is 12.8. The van der Waals surface area contributed by atoms with Gasteiger partial charge in [-0.25, -0.2) is 4.98 Å². The van der Waals surface area contributed by atoms with E-state index in [9.17, 15) is 14.7 Å². The van der Waals surface area contributed by atoms with Crippen LogP contribution in [0.3, 0.4) is 0 Å². The maximum absolute atomic E-state index is 12.8. The smallest absolute Gasteiger partial charge is 0.222 e. The zero-order valence-electron chi connectivity index (χ0n) is 22.8. The van der Waals surface area contributed by atoms with Crippen molar-refractivity contribution in [3.63, 3.8) is 0 Å². The number of aromatic nitrogens is 1. The van der Waals surface area contributed by atoms with E-state index >= 15 is 0 Å². The lowest BCUT2D eigenvalue weighted by molar-refractivity contribution is -0.139. The van der Waals surface area contributed by atoms with Crippen molar-refractivity contribution in [3.8, 4) is 0 Å². The lowest BCUT2D eigenvalue weighted by Crippen LogP contribution is -2.43. The van der Waals surface area contributed by atoms with Crippen molar-refractivity contribution < 1.29 is 24.2 Å². The van der Waals surface area contributed by atoms with Crippen molar-refractivity contribution in [2.75, 3.05) is 6.54 Å². The second-order valence-electron chi connectivity index (χ2n) is 11.1. The molecule has 0 radical (unpaired) electrons. The van der Waals surface area contributed by atoms with Gasteiger partial charge in [0.15, 0.2) is 0 Å². The molecule has 200 valence electrons. The van der Waals surface area contributed by atoms with E-state index < -0.39 is 11.5 Å². The molecule has 1 saturated heterocycles. The van der Waals surface area contributed by atoms with Gasteiger partial charge in [0.25, 0.3) is 0 Å². The van der Waals surface area contributed by atoms with Gasteiger partial charge in [-0.15, -0.1) is 0 Å². The Bertz CT molecular complexity index is 801. The molecule has 1 aromatic heterocycles. The van der Waals surface area contributed by atoms with Crippen LogP contribution in [0.15, 0.2) is 16.8 Å². The molecule has 2 heterocycles. The maximum Gasteiger partial charge on any atom is 0.222 e. The Morgan fingerprint density at radius 3 is 2.31 bits per heavy atom. The highest BCUT2D eigenvalue weighted by Crippen LogP contribution is 2.31. The SMILES string of the molecule is C/C=C\c1coc(CO)n1.CC1CCCC(C)C[C@H](C)CNC(=O)CC(O)C(C)(C)C(=O)C(C)C1. The van der Waals surface area contributed by atoms with Gasteiger partial charge < -0.3 is 19.9 Å². The number of aliphatic hydroxyl groups is 2. The zero-order chi connectivity index (χ0) is 26.6. The zero-order valence-corrected chi connectivity index (χ0v) is 22.8. The van der Waals surface area contributed by atoms with E-state index in [2.05, 4.69) is 31.1 Å². The topological polar surface area (TPSA) is 113 Å². The molecule has 0 saturated carbocycles. The normalized spacial score (nSPS) is 29.3. The Hall–Kier alpha value is -1.99. The molecule has 0 aromatic carbocycles. The molecule has 5 atom stereocenters. The number of oxazole rings is 1. The highest BCUT2D eigenvalue weighted by molar-refractivity contribution is 5.87. The lowest BCUT2D eigenvalue weighted by Gasteiger charge is -2.32. The summed E-state index contributed by atoms with van der Waals surface area (Å²) in [5.41, 5.74) is -0.153. The van der Waals surface area contributed by atoms with E-state index in [0.29, 0.717) is 30.2 Å². The minimum Gasteiger partial charge on any atom is -0.446 e. The third-order valence-electron chi connectivity index (χ3n) is 6.94. The molecule has 4 unspecified atom stereocenters. The van der Waals surface area contributed by atoms with Gasteiger partial charge >= 0.3 is 0 Å². The van der Waals surface area contributed by atoms with Crippen molar-refractivity contribution in [2.45, 2.75) is 99.7 Å².